The minimum Gasteiger partial charge on any atom is -0.300 e. The average Bonchev–Trinajstić information content (AvgIpc) is 2.83. The van der Waals surface area contributed by atoms with E-state index < -0.39 is 0 Å². The molecular formula is C34H44O4. The molecule has 204 valence electrons. The Morgan fingerprint density at radius 2 is 1.76 bits per heavy atom. The Labute approximate surface area is 228 Å². The molecule has 2 aromatic carbocycles. The minimum atomic E-state index is -0.143. The first-order valence-corrected chi connectivity index (χ1v) is 14.4. The first-order valence-electron chi connectivity index (χ1n) is 14.4. The van der Waals surface area contributed by atoms with Crippen molar-refractivity contribution in [1.29, 1.82) is 0 Å². The summed E-state index contributed by atoms with van der Waals surface area (Å²) in [5.74, 6) is 0.734. The third kappa shape index (κ3) is 7.15. The van der Waals surface area contributed by atoms with Gasteiger partial charge in [-0.15, -0.1) is 0 Å². The Bertz CT molecular complexity index is 1190. The Hall–Kier alpha value is -2.88. The summed E-state index contributed by atoms with van der Waals surface area (Å²) < 4.78 is 0. The van der Waals surface area contributed by atoms with Crippen LogP contribution in [0.2, 0.25) is 0 Å². The van der Waals surface area contributed by atoms with Crippen LogP contribution >= 0.6 is 0 Å². The van der Waals surface area contributed by atoms with E-state index in [0.717, 1.165) is 59.9 Å². The number of fused-ring (bicyclic) bond motifs is 1. The van der Waals surface area contributed by atoms with Gasteiger partial charge in [-0.05, 0) is 79.2 Å². The van der Waals surface area contributed by atoms with E-state index in [-0.39, 0.29) is 47.3 Å². The fourth-order valence-electron chi connectivity index (χ4n) is 6.36. The first kappa shape index (κ1) is 29.7. The van der Waals surface area contributed by atoms with Crippen LogP contribution in [-0.2, 0) is 16.0 Å². The zero-order valence-corrected chi connectivity index (χ0v) is 24.1. The number of Topliss-reactive ketones (excluding diaryl/α,β-unsaturated/α-hetero) is 4. The first-order chi connectivity index (χ1) is 18.0. The van der Waals surface area contributed by atoms with Gasteiger partial charge in [-0.3, -0.25) is 19.2 Å². The summed E-state index contributed by atoms with van der Waals surface area (Å²) in [6.45, 7) is 11.7. The maximum Gasteiger partial charge on any atom is 0.163 e. The highest BCUT2D eigenvalue weighted by Crippen LogP contribution is 2.40. The predicted octanol–water partition coefficient (Wildman–Crippen LogP) is 8.02. The lowest BCUT2D eigenvalue weighted by atomic mass is 9.71. The Kier molecular flexibility index (Phi) is 10.4. The highest BCUT2D eigenvalue weighted by Gasteiger charge is 2.34. The Morgan fingerprint density at radius 3 is 2.39 bits per heavy atom. The van der Waals surface area contributed by atoms with Crippen LogP contribution in [0.25, 0.3) is 11.1 Å². The molecule has 2 aromatic rings. The Balaban J connectivity index is 1.95. The van der Waals surface area contributed by atoms with Gasteiger partial charge in [0.05, 0.1) is 6.42 Å². The summed E-state index contributed by atoms with van der Waals surface area (Å²) >= 11 is 0. The van der Waals surface area contributed by atoms with Crippen LogP contribution in [0, 0.1) is 30.6 Å². The van der Waals surface area contributed by atoms with Crippen molar-refractivity contribution in [3.63, 3.8) is 0 Å². The summed E-state index contributed by atoms with van der Waals surface area (Å²) in [6, 6.07) is 11.9. The highest BCUT2D eigenvalue weighted by atomic mass is 16.1. The van der Waals surface area contributed by atoms with Gasteiger partial charge in [0.15, 0.2) is 11.6 Å². The molecule has 3 unspecified atom stereocenters. The molecule has 0 amide bonds. The van der Waals surface area contributed by atoms with E-state index in [1.54, 1.807) is 0 Å². The maximum absolute atomic E-state index is 13.5. The molecule has 0 heterocycles. The van der Waals surface area contributed by atoms with Crippen LogP contribution in [0.4, 0.5) is 0 Å². The number of ketones is 4. The average molecular weight is 517 g/mol. The number of carbonyl (C=O) groups is 4. The quantitative estimate of drug-likeness (QED) is 0.200. The molecule has 1 aliphatic carbocycles. The van der Waals surface area contributed by atoms with E-state index in [0.29, 0.717) is 24.3 Å². The second kappa shape index (κ2) is 13.3. The van der Waals surface area contributed by atoms with Crippen molar-refractivity contribution in [3.8, 4) is 11.1 Å². The molecule has 1 aliphatic rings. The van der Waals surface area contributed by atoms with Gasteiger partial charge in [0, 0.05) is 29.9 Å². The molecule has 4 nitrogen and oxygen atoms in total. The lowest BCUT2D eigenvalue weighted by Gasteiger charge is -2.32. The number of hydrogen-bond acceptors (Lipinski definition) is 4. The molecule has 0 N–H and O–H groups in total. The van der Waals surface area contributed by atoms with Gasteiger partial charge < -0.3 is 0 Å². The SMILES string of the molecule is CCCC(CC1CC(=O)c2c(C)ccc(-c3cccc(C(=O)CC(C)C)c3)c2C1)C(CC)C(=O)CC(C)=O. The minimum absolute atomic E-state index is 0.000361. The van der Waals surface area contributed by atoms with E-state index in [1.807, 2.05) is 58.0 Å². The standard InChI is InChI=1S/C34H44O4/c1-7-10-25(28(8-2)32(37)16-23(6)35)17-24-18-30-29(14-13-22(5)34(30)33(38)19-24)26-11-9-12-27(20-26)31(36)15-21(3)4/h9,11-14,20-21,24-25,28H,7-8,10,15-19H2,1-6H3. The zero-order valence-electron chi connectivity index (χ0n) is 24.1. The lowest BCUT2D eigenvalue weighted by Crippen LogP contribution is -2.30. The normalized spacial score (nSPS) is 16.7. The number of hydrogen-bond donors (Lipinski definition) is 0. The lowest BCUT2D eigenvalue weighted by molar-refractivity contribution is -0.129. The van der Waals surface area contributed by atoms with E-state index >= 15 is 0 Å². The number of rotatable bonds is 13. The van der Waals surface area contributed by atoms with Crippen LogP contribution in [0.1, 0.15) is 111 Å². The molecule has 4 heteroatoms. The molecule has 38 heavy (non-hydrogen) atoms. The summed E-state index contributed by atoms with van der Waals surface area (Å²) in [4.78, 5) is 50.9. The molecule has 0 bridgehead atoms. The molecule has 0 aliphatic heterocycles. The van der Waals surface area contributed by atoms with Gasteiger partial charge in [-0.25, -0.2) is 0 Å². The fraction of sp³-hybridized carbons (Fsp3) is 0.529. The van der Waals surface area contributed by atoms with Gasteiger partial charge in [0.2, 0.25) is 0 Å². The van der Waals surface area contributed by atoms with Gasteiger partial charge in [-0.2, -0.15) is 0 Å². The smallest absolute Gasteiger partial charge is 0.163 e. The largest absolute Gasteiger partial charge is 0.300 e. The van der Waals surface area contributed by atoms with Crippen molar-refractivity contribution in [2.45, 2.75) is 92.9 Å². The van der Waals surface area contributed by atoms with Crippen LogP contribution in [-0.4, -0.2) is 23.1 Å². The van der Waals surface area contributed by atoms with E-state index in [9.17, 15) is 19.2 Å². The molecular weight excluding hydrogens is 472 g/mol. The van der Waals surface area contributed by atoms with Crippen molar-refractivity contribution in [2.75, 3.05) is 0 Å². The summed E-state index contributed by atoms with van der Waals surface area (Å²) in [6.07, 6.45) is 5.18. The topological polar surface area (TPSA) is 68.3 Å². The molecule has 3 rings (SSSR count). The molecule has 0 radical (unpaired) electrons. The third-order valence-corrected chi connectivity index (χ3v) is 8.00. The Morgan fingerprint density at radius 1 is 1.03 bits per heavy atom. The molecule has 3 atom stereocenters. The van der Waals surface area contributed by atoms with E-state index in [2.05, 4.69) is 13.0 Å². The molecule has 0 fully saturated rings. The third-order valence-electron chi connectivity index (χ3n) is 8.00. The van der Waals surface area contributed by atoms with Crippen molar-refractivity contribution >= 4 is 23.1 Å². The number of carbonyl (C=O) groups excluding carboxylic acids is 4. The van der Waals surface area contributed by atoms with Crippen LogP contribution < -0.4 is 0 Å². The monoisotopic (exact) mass is 516 g/mol. The van der Waals surface area contributed by atoms with Gasteiger partial charge in [0.25, 0.3) is 0 Å². The molecule has 0 spiro atoms. The number of benzene rings is 2. The fourth-order valence-corrected chi connectivity index (χ4v) is 6.36. The van der Waals surface area contributed by atoms with E-state index in [1.165, 1.54) is 6.92 Å². The van der Waals surface area contributed by atoms with Crippen molar-refractivity contribution < 1.29 is 19.2 Å². The van der Waals surface area contributed by atoms with Gasteiger partial charge in [-0.1, -0.05) is 70.9 Å². The van der Waals surface area contributed by atoms with Crippen molar-refractivity contribution in [3.05, 3.63) is 58.7 Å². The van der Waals surface area contributed by atoms with Crippen LogP contribution in [0.3, 0.4) is 0 Å². The molecule has 0 saturated carbocycles. The van der Waals surface area contributed by atoms with Gasteiger partial charge >= 0.3 is 0 Å². The predicted molar refractivity (Wildman–Crippen MR) is 154 cm³/mol. The second-order valence-electron chi connectivity index (χ2n) is 11.7. The van der Waals surface area contributed by atoms with Gasteiger partial charge in [0.1, 0.15) is 11.6 Å². The van der Waals surface area contributed by atoms with E-state index in [4.69, 9.17) is 0 Å². The van der Waals surface area contributed by atoms with Crippen molar-refractivity contribution in [1.82, 2.24) is 0 Å². The highest BCUT2D eigenvalue weighted by molar-refractivity contribution is 6.02. The molecule has 0 saturated heterocycles. The summed E-state index contributed by atoms with van der Waals surface area (Å²) in [5.41, 5.74) is 5.59. The van der Waals surface area contributed by atoms with Crippen molar-refractivity contribution in [2.24, 2.45) is 23.7 Å². The summed E-state index contributed by atoms with van der Waals surface area (Å²) in [5, 5.41) is 0. The second-order valence-corrected chi connectivity index (χ2v) is 11.7. The van der Waals surface area contributed by atoms with Crippen LogP contribution in [0.5, 0.6) is 0 Å². The van der Waals surface area contributed by atoms with Crippen LogP contribution in [0.15, 0.2) is 36.4 Å². The number of aryl methyl sites for hydroxylation is 1. The zero-order chi connectivity index (χ0) is 28.0. The molecule has 0 aromatic heterocycles. The summed E-state index contributed by atoms with van der Waals surface area (Å²) in [7, 11) is 0. The maximum atomic E-state index is 13.5.